The number of nitrogens with zero attached hydrogens (tertiary/aromatic N) is 2. The second-order valence-corrected chi connectivity index (χ2v) is 5.17. The zero-order chi connectivity index (χ0) is 14.3. The first kappa shape index (κ1) is 15.9. The van der Waals surface area contributed by atoms with Crippen molar-refractivity contribution in [1.29, 1.82) is 0 Å². The summed E-state index contributed by atoms with van der Waals surface area (Å²) in [5, 5.41) is 6.04. The van der Waals surface area contributed by atoms with Gasteiger partial charge < -0.3 is 15.5 Å². The van der Waals surface area contributed by atoms with Gasteiger partial charge in [-0.2, -0.15) is 0 Å². The maximum Gasteiger partial charge on any atom is 0.236 e. The average molecular weight is 270 g/mol. The van der Waals surface area contributed by atoms with E-state index in [1.54, 1.807) is 19.0 Å². The molecule has 0 radical (unpaired) electrons. The standard InChI is InChI=1S/C13H26N4O2/c1-4-14-12(18)9-15-11-5-7-17(8-6-11)10-13(19)16(2)3/h11,15H,4-10H2,1-3H3,(H,14,18). The molecule has 1 fully saturated rings. The van der Waals surface area contributed by atoms with Crippen LogP contribution < -0.4 is 10.6 Å². The second kappa shape index (κ2) is 8.12. The van der Waals surface area contributed by atoms with Crippen molar-refractivity contribution in [1.82, 2.24) is 20.4 Å². The highest BCUT2D eigenvalue weighted by Crippen LogP contribution is 2.09. The normalized spacial score (nSPS) is 17.2. The Morgan fingerprint density at radius 2 is 1.89 bits per heavy atom. The Balaban J connectivity index is 2.18. The van der Waals surface area contributed by atoms with Crippen LogP contribution in [0.3, 0.4) is 0 Å². The molecule has 1 aliphatic heterocycles. The molecule has 110 valence electrons. The first-order valence-electron chi connectivity index (χ1n) is 6.95. The lowest BCUT2D eigenvalue weighted by Gasteiger charge is -2.32. The minimum absolute atomic E-state index is 0.0488. The Hall–Kier alpha value is -1.14. The highest BCUT2D eigenvalue weighted by atomic mass is 16.2. The van der Waals surface area contributed by atoms with Crippen LogP contribution in [-0.4, -0.2) is 74.5 Å². The summed E-state index contributed by atoms with van der Waals surface area (Å²) in [5.74, 6) is 0.196. The second-order valence-electron chi connectivity index (χ2n) is 5.17. The third kappa shape index (κ3) is 6.02. The summed E-state index contributed by atoms with van der Waals surface area (Å²) in [7, 11) is 3.56. The van der Waals surface area contributed by atoms with Crippen LogP contribution in [0.5, 0.6) is 0 Å². The summed E-state index contributed by atoms with van der Waals surface area (Å²) >= 11 is 0. The molecule has 0 spiro atoms. The molecule has 0 aliphatic carbocycles. The predicted molar refractivity (Wildman–Crippen MR) is 74.8 cm³/mol. The van der Waals surface area contributed by atoms with Gasteiger partial charge in [0.25, 0.3) is 0 Å². The van der Waals surface area contributed by atoms with Crippen molar-refractivity contribution in [2.45, 2.75) is 25.8 Å². The fourth-order valence-electron chi connectivity index (χ4n) is 2.12. The van der Waals surface area contributed by atoms with Crippen LogP contribution >= 0.6 is 0 Å². The number of nitrogens with one attached hydrogen (secondary N) is 2. The lowest BCUT2D eigenvalue weighted by atomic mass is 10.1. The van der Waals surface area contributed by atoms with E-state index in [1.807, 2.05) is 6.92 Å². The molecule has 0 bridgehead atoms. The van der Waals surface area contributed by atoms with Gasteiger partial charge in [0, 0.05) is 39.8 Å². The number of hydrogen-bond acceptors (Lipinski definition) is 4. The molecule has 0 unspecified atom stereocenters. The van der Waals surface area contributed by atoms with Crippen LogP contribution in [0.4, 0.5) is 0 Å². The molecule has 0 aromatic rings. The summed E-state index contributed by atoms with van der Waals surface area (Å²) in [6.07, 6.45) is 1.97. The molecule has 1 rings (SSSR count). The van der Waals surface area contributed by atoms with E-state index < -0.39 is 0 Å². The van der Waals surface area contributed by atoms with Crippen molar-refractivity contribution in [3.05, 3.63) is 0 Å². The smallest absolute Gasteiger partial charge is 0.236 e. The third-order valence-electron chi connectivity index (χ3n) is 3.37. The minimum Gasteiger partial charge on any atom is -0.355 e. The molecule has 2 amide bonds. The maximum absolute atomic E-state index is 11.6. The van der Waals surface area contributed by atoms with Gasteiger partial charge in [-0.1, -0.05) is 0 Å². The largest absolute Gasteiger partial charge is 0.355 e. The lowest BCUT2D eigenvalue weighted by molar-refractivity contribution is -0.130. The number of amides is 2. The summed E-state index contributed by atoms with van der Waals surface area (Å²) in [4.78, 5) is 26.7. The number of hydrogen-bond donors (Lipinski definition) is 2. The van der Waals surface area contributed by atoms with Gasteiger partial charge in [0.1, 0.15) is 0 Å². The fraction of sp³-hybridized carbons (Fsp3) is 0.846. The summed E-state index contributed by atoms with van der Waals surface area (Å²) < 4.78 is 0. The molecule has 1 aliphatic rings. The van der Waals surface area contributed by atoms with Gasteiger partial charge in [-0.3, -0.25) is 14.5 Å². The predicted octanol–water partition coefficient (Wildman–Crippen LogP) is -0.735. The number of likely N-dealkylation sites (N-methyl/N-ethyl adjacent to an activating group) is 2. The van der Waals surface area contributed by atoms with E-state index in [0.717, 1.165) is 25.9 Å². The number of piperidine rings is 1. The van der Waals surface area contributed by atoms with Crippen molar-refractivity contribution >= 4 is 11.8 Å². The Bertz CT molecular complexity index is 299. The third-order valence-corrected chi connectivity index (χ3v) is 3.37. The van der Waals surface area contributed by atoms with Gasteiger partial charge >= 0.3 is 0 Å². The molecule has 0 atom stereocenters. The highest BCUT2D eigenvalue weighted by Gasteiger charge is 2.21. The number of carbonyl (C=O) groups is 2. The Morgan fingerprint density at radius 3 is 2.42 bits per heavy atom. The van der Waals surface area contributed by atoms with E-state index in [2.05, 4.69) is 15.5 Å². The molecule has 0 aromatic heterocycles. The van der Waals surface area contributed by atoms with Gasteiger partial charge in [0.2, 0.25) is 11.8 Å². The fourth-order valence-corrected chi connectivity index (χ4v) is 2.12. The van der Waals surface area contributed by atoms with E-state index >= 15 is 0 Å². The van der Waals surface area contributed by atoms with Gasteiger partial charge in [0.15, 0.2) is 0 Å². The SMILES string of the molecule is CCNC(=O)CNC1CCN(CC(=O)N(C)C)CC1. The molecule has 0 saturated carbocycles. The van der Waals surface area contributed by atoms with Crippen molar-refractivity contribution in [2.24, 2.45) is 0 Å². The quantitative estimate of drug-likeness (QED) is 0.667. The van der Waals surface area contributed by atoms with Crippen LogP contribution in [0, 0.1) is 0 Å². The minimum atomic E-state index is 0.0488. The lowest BCUT2D eigenvalue weighted by Crippen LogP contribution is -2.47. The number of carbonyl (C=O) groups excluding carboxylic acids is 2. The van der Waals surface area contributed by atoms with E-state index in [9.17, 15) is 9.59 Å². The molecule has 2 N–H and O–H groups in total. The van der Waals surface area contributed by atoms with Crippen molar-refractivity contribution in [3.8, 4) is 0 Å². The van der Waals surface area contributed by atoms with E-state index in [4.69, 9.17) is 0 Å². The van der Waals surface area contributed by atoms with Crippen LogP contribution in [-0.2, 0) is 9.59 Å². The van der Waals surface area contributed by atoms with Crippen LogP contribution in [0.2, 0.25) is 0 Å². The van der Waals surface area contributed by atoms with Gasteiger partial charge in [0.05, 0.1) is 13.1 Å². The molecule has 6 nitrogen and oxygen atoms in total. The van der Waals surface area contributed by atoms with Crippen LogP contribution in [0.1, 0.15) is 19.8 Å². The van der Waals surface area contributed by atoms with Gasteiger partial charge in [-0.05, 0) is 19.8 Å². The molecule has 6 heteroatoms. The van der Waals surface area contributed by atoms with Gasteiger partial charge in [-0.25, -0.2) is 0 Å². The summed E-state index contributed by atoms with van der Waals surface area (Å²) in [6.45, 7) is 5.29. The van der Waals surface area contributed by atoms with Crippen LogP contribution in [0.25, 0.3) is 0 Å². The summed E-state index contributed by atoms with van der Waals surface area (Å²) in [6, 6.07) is 0.383. The van der Waals surface area contributed by atoms with Crippen LogP contribution in [0.15, 0.2) is 0 Å². The van der Waals surface area contributed by atoms with Crippen molar-refractivity contribution in [3.63, 3.8) is 0 Å². The molecule has 0 aromatic carbocycles. The first-order valence-corrected chi connectivity index (χ1v) is 6.95. The Morgan fingerprint density at radius 1 is 1.26 bits per heavy atom. The summed E-state index contributed by atoms with van der Waals surface area (Å²) in [5.41, 5.74) is 0. The maximum atomic E-state index is 11.6. The molecular weight excluding hydrogens is 244 g/mol. The van der Waals surface area contributed by atoms with Crippen molar-refractivity contribution < 1.29 is 9.59 Å². The number of rotatable bonds is 6. The zero-order valence-electron chi connectivity index (χ0n) is 12.2. The highest BCUT2D eigenvalue weighted by molar-refractivity contribution is 5.78. The molecule has 1 heterocycles. The Labute approximate surface area is 115 Å². The molecule has 1 saturated heterocycles. The van der Waals surface area contributed by atoms with E-state index in [-0.39, 0.29) is 11.8 Å². The Kier molecular flexibility index (Phi) is 6.80. The zero-order valence-corrected chi connectivity index (χ0v) is 12.2. The van der Waals surface area contributed by atoms with Gasteiger partial charge in [-0.15, -0.1) is 0 Å². The van der Waals surface area contributed by atoms with Crippen molar-refractivity contribution in [2.75, 3.05) is 46.8 Å². The monoisotopic (exact) mass is 270 g/mol. The van der Waals surface area contributed by atoms with E-state index in [0.29, 0.717) is 25.7 Å². The number of likely N-dealkylation sites (tertiary alicyclic amines) is 1. The topological polar surface area (TPSA) is 64.7 Å². The first-order chi connectivity index (χ1) is 9.02. The molecular formula is C13H26N4O2. The average Bonchev–Trinajstić information content (AvgIpc) is 2.38. The molecule has 19 heavy (non-hydrogen) atoms. The van der Waals surface area contributed by atoms with E-state index in [1.165, 1.54) is 0 Å².